The molecular formula is C10H6F2IN3. The summed E-state index contributed by atoms with van der Waals surface area (Å²) in [5.74, 6) is -1.45. The van der Waals surface area contributed by atoms with E-state index in [1.165, 1.54) is 6.07 Å². The van der Waals surface area contributed by atoms with Crippen molar-refractivity contribution in [1.29, 1.82) is 0 Å². The van der Waals surface area contributed by atoms with Crippen LogP contribution < -0.4 is 5.32 Å². The van der Waals surface area contributed by atoms with E-state index in [0.29, 0.717) is 11.6 Å². The number of nitrogens with one attached hydrogen (secondary N) is 1. The van der Waals surface area contributed by atoms with E-state index in [4.69, 9.17) is 0 Å². The highest BCUT2D eigenvalue weighted by molar-refractivity contribution is 14.1. The molecule has 2 aromatic rings. The number of halogens is 3. The molecule has 82 valence electrons. The molecule has 1 aromatic carbocycles. The SMILES string of the molecule is Fc1ccc(Nc2ncc(I)cn2)cc1F. The lowest BCUT2D eigenvalue weighted by Gasteiger charge is -2.04. The van der Waals surface area contributed by atoms with Crippen LogP contribution in [0.4, 0.5) is 20.4 Å². The molecule has 1 aromatic heterocycles. The van der Waals surface area contributed by atoms with Crippen molar-refractivity contribution in [2.45, 2.75) is 0 Å². The maximum Gasteiger partial charge on any atom is 0.227 e. The lowest BCUT2D eigenvalue weighted by atomic mass is 10.3. The van der Waals surface area contributed by atoms with Crippen molar-refractivity contribution in [2.24, 2.45) is 0 Å². The van der Waals surface area contributed by atoms with Crippen molar-refractivity contribution >= 4 is 34.2 Å². The van der Waals surface area contributed by atoms with E-state index in [2.05, 4.69) is 37.9 Å². The first-order chi connectivity index (χ1) is 7.65. The number of hydrogen-bond acceptors (Lipinski definition) is 3. The first-order valence-electron chi connectivity index (χ1n) is 4.35. The van der Waals surface area contributed by atoms with E-state index < -0.39 is 11.6 Å². The Morgan fingerprint density at radius 1 is 1.06 bits per heavy atom. The van der Waals surface area contributed by atoms with E-state index in [-0.39, 0.29) is 0 Å². The van der Waals surface area contributed by atoms with Gasteiger partial charge in [0.05, 0.1) is 0 Å². The average Bonchev–Trinajstić information content (AvgIpc) is 2.27. The number of benzene rings is 1. The highest BCUT2D eigenvalue weighted by atomic mass is 127. The van der Waals surface area contributed by atoms with Gasteiger partial charge in [-0.05, 0) is 34.7 Å². The van der Waals surface area contributed by atoms with Gasteiger partial charge in [0, 0.05) is 27.7 Å². The molecule has 3 nitrogen and oxygen atoms in total. The second-order valence-corrected chi connectivity index (χ2v) is 4.22. The quantitative estimate of drug-likeness (QED) is 0.859. The first-order valence-corrected chi connectivity index (χ1v) is 5.42. The largest absolute Gasteiger partial charge is 0.324 e. The molecule has 0 spiro atoms. The Bertz CT molecular complexity index is 502. The summed E-state index contributed by atoms with van der Waals surface area (Å²) >= 11 is 2.07. The van der Waals surface area contributed by atoms with Crippen LogP contribution in [0.5, 0.6) is 0 Å². The number of anilines is 2. The molecule has 0 saturated heterocycles. The molecule has 1 heterocycles. The fourth-order valence-corrected chi connectivity index (χ4v) is 1.36. The van der Waals surface area contributed by atoms with Crippen molar-refractivity contribution in [2.75, 3.05) is 5.32 Å². The molecule has 0 aliphatic heterocycles. The second kappa shape index (κ2) is 4.69. The summed E-state index contributed by atoms with van der Waals surface area (Å²) in [5, 5.41) is 2.77. The monoisotopic (exact) mass is 333 g/mol. The van der Waals surface area contributed by atoms with Crippen LogP contribution in [0.1, 0.15) is 0 Å². The minimum atomic E-state index is -0.907. The Labute approximate surface area is 104 Å². The van der Waals surface area contributed by atoms with Gasteiger partial charge in [-0.15, -0.1) is 0 Å². The van der Waals surface area contributed by atoms with Gasteiger partial charge in [-0.3, -0.25) is 0 Å². The second-order valence-electron chi connectivity index (χ2n) is 2.98. The van der Waals surface area contributed by atoms with Crippen LogP contribution in [0.3, 0.4) is 0 Å². The molecule has 0 amide bonds. The van der Waals surface area contributed by atoms with Gasteiger partial charge >= 0.3 is 0 Å². The molecule has 0 bridgehead atoms. The maximum absolute atomic E-state index is 12.9. The van der Waals surface area contributed by atoms with Gasteiger partial charge in [0.2, 0.25) is 5.95 Å². The molecule has 0 aliphatic carbocycles. The Morgan fingerprint density at radius 3 is 2.38 bits per heavy atom. The zero-order chi connectivity index (χ0) is 11.5. The summed E-state index contributed by atoms with van der Waals surface area (Å²) in [6.07, 6.45) is 3.24. The summed E-state index contributed by atoms with van der Waals surface area (Å²) in [6.45, 7) is 0. The van der Waals surface area contributed by atoms with Crippen LogP contribution in [0.15, 0.2) is 30.6 Å². The Balaban J connectivity index is 2.20. The predicted octanol–water partition coefficient (Wildman–Crippen LogP) is 3.10. The summed E-state index contributed by atoms with van der Waals surface area (Å²) in [4.78, 5) is 7.96. The summed E-state index contributed by atoms with van der Waals surface area (Å²) in [6, 6.07) is 3.51. The molecule has 6 heteroatoms. The predicted molar refractivity (Wildman–Crippen MR) is 64.4 cm³/mol. The molecule has 0 fully saturated rings. The van der Waals surface area contributed by atoms with E-state index in [0.717, 1.165) is 15.7 Å². The highest BCUT2D eigenvalue weighted by Crippen LogP contribution is 2.16. The number of nitrogens with zero attached hydrogens (tertiary/aromatic N) is 2. The minimum Gasteiger partial charge on any atom is -0.324 e. The Kier molecular flexibility index (Phi) is 3.28. The van der Waals surface area contributed by atoms with Crippen molar-refractivity contribution < 1.29 is 8.78 Å². The van der Waals surface area contributed by atoms with Crippen LogP contribution in [0.25, 0.3) is 0 Å². The van der Waals surface area contributed by atoms with E-state index in [1.54, 1.807) is 12.4 Å². The maximum atomic E-state index is 12.9. The zero-order valence-corrected chi connectivity index (χ0v) is 10.1. The molecule has 0 atom stereocenters. The van der Waals surface area contributed by atoms with Crippen molar-refractivity contribution in [3.63, 3.8) is 0 Å². The summed E-state index contributed by atoms with van der Waals surface area (Å²) in [7, 11) is 0. The molecule has 0 aliphatic rings. The Morgan fingerprint density at radius 2 is 1.75 bits per heavy atom. The van der Waals surface area contributed by atoms with Crippen LogP contribution in [0, 0.1) is 15.2 Å². The van der Waals surface area contributed by atoms with Crippen LogP contribution >= 0.6 is 22.6 Å². The lowest BCUT2D eigenvalue weighted by molar-refractivity contribution is 0.509. The fraction of sp³-hybridized carbons (Fsp3) is 0. The third kappa shape index (κ3) is 2.63. The minimum absolute atomic E-state index is 0.339. The lowest BCUT2D eigenvalue weighted by Crippen LogP contribution is -1.97. The molecule has 2 rings (SSSR count). The van der Waals surface area contributed by atoms with Crippen LogP contribution in [-0.4, -0.2) is 9.97 Å². The molecule has 0 unspecified atom stereocenters. The standard InChI is InChI=1S/C10H6F2IN3/c11-8-2-1-7(3-9(8)12)16-10-14-4-6(13)5-15-10/h1-5H,(H,14,15,16). The zero-order valence-electron chi connectivity index (χ0n) is 7.92. The van der Waals surface area contributed by atoms with Crippen molar-refractivity contribution in [1.82, 2.24) is 9.97 Å². The van der Waals surface area contributed by atoms with Gasteiger partial charge in [0.1, 0.15) is 0 Å². The number of aromatic nitrogens is 2. The molecule has 16 heavy (non-hydrogen) atoms. The number of rotatable bonds is 2. The van der Waals surface area contributed by atoms with E-state index in [1.807, 2.05) is 0 Å². The topological polar surface area (TPSA) is 37.8 Å². The van der Waals surface area contributed by atoms with Gasteiger partial charge in [-0.25, -0.2) is 18.7 Å². The Hall–Kier alpha value is -1.31. The van der Waals surface area contributed by atoms with Gasteiger partial charge in [-0.1, -0.05) is 0 Å². The third-order valence-corrected chi connectivity index (χ3v) is 2.35. The fourth-order valence-electron chi connectivity index (χ4n) is 1.08. The number of hydrogen-bond donors (Lipinski definition) is 1. The highest BCUT2D eigenvalue weighted by Gasteiger charge is 2.03. The van der Waals surface area contributed by atoms with Crippen molar-refractivity contribution in [3.05, 3.63) is 45.8 Å². The molecule has 0 radical (unpaired) electrons. The average molecular weight is 333 g/mol. The van der Waals surface area contributed by atoms with Crippen LogP contribution in [0.2, 0.25) is 0 Å². The summed E-state index contributed by atoms with van der Waals surface area (Å²) < 4.78 is 26.4. The molecular weight excluding hydrogens is 327 g/mol. The van der Waals surface area contributed by atoms with Gasteiger partial charge in [-0.2, -0.15) is 0 Å². The van der Waals surface area contributed by atoms with Gasteiger partial charge in [0.25, 0.3) is 0 Å². The smallest absolute Gasteiger partial charge is 0.227 e. The van der Waals surface area contributed by atoms with E-state index >= 15 is 0 Å². The van der Waals surface area contributed by atoms with Gasteiger partial charge < -0.3 is 5.32 Å². The third-order valence-electron chi connectivity index (χ3n) is 1.80. The van der Waals surface area contributed by atoms with Gasteiger partial charge in [0.15, 0.2) is 11.6 Å². The molecule has 0 saturated carbocycles. The van der Waals surface area contributed by atoms with E-state index in [9.17, 15) is 8.78 Å². The summed E-state index contributed by atoms with van der Waals surface area (Å²) in [5.41, 5.74) is 0.403. The molecule has 1 N–H and O–H groups in total. The van der Waals surface area contributed by atoms with Crippen molar-refractivity contribution in [3.8, 4) is 0 Å². The first kappa shape index (κ1) is 11.2. The normalized spacial score (nSPS) is 10.2. The van der Waals surface area contributed by atoms with Crippen LogP contribution in [-0.2, 0) is 0 Å².